The number of rotatable bonds is 4. The second-order valence-electron chi connectivity index (χ2n) is 4.39. The second-order valence-corrected chi connectivity index (χ2v) is 4.39. The molecule has 0 aromatic rings. The third-order valence-corrected chi connectivity index (χ3v) is 2.85. The van der Waals surface area contributed by atoms with E-state index in [0.717, 1.165) is 32.6 Å². The van der Waals surface area contributed by atoms with Crippen molar-refractivity contribution in [1.82, 2.24) is 5.32 Å². The Labute approximate surface area is 80.5 Å². The average Bonchev–Trinajstić information content (AvgIpc) is 2.15. The Morgan fingerprint density at radius 1 is 1.46 bits per heavy atom. The van der Waals surface area contributed by atoms with Crippen LogP contribution in [0.25, 0.3) is 0 Å². The SMILES string of the molecule is C[C@H](CO)NCC1(C)CCOCC1. The Bertz CT molecular complexity index is 144. The van der Waals surface area contributed by atoms with Gasteiger partial charge in [0.25, 0.3) is 0 Å². The van der Waals surface area contributed by atoms with Crippen LogP contribution in [0.1, 0.15) is 26.7 Å². The number of aliphatic hydroxyl groups is 1. The van der Waals surface area contributed by atoms with Gasteiger partial charge in [-0.1, -0.05) is 6.92 Å². The first-order chi connectivity index (χ1) is 6.16. The van der Waals surface area contributed by atoms with Crippen LogP contribution in [-0.2, 0) is 4.74 Å². The number of hydrogen-bond acceptors (Lipinski definition) is 3. The number of aliphatic hydroxyl groups excluding tert-OH is 1. The molecule has 1 saturated heterocycles. The molecule has 0 amide bonds. The van der Waals surface area contributed by atoms with Crippen LogP contribution in [0.15, 0.2) is 0 Å². The van der Waals surface area contributed by atoms with Gasteiger partial charge in [0.15, 0.2) is 0 Å². The molecule has 0 bridgehead atoms. The van der Waals surface area contributed by atoms with Gasteiger partial charge in [-0.05, 0) is 25.2 Å². The molecule has 1 rings (SSSR count). The molecule has 0 radical (unpaired) electrons. The Balaban J connectivity index is 2.24. The van der Waals surface area contributed by atoms with Crippen molar-refractivity contribution >= 4 is 0 Å². The van der Waals surface area contributed by atoms with Crippen molar-refractivity contribution in [3.8, 4) is 0 Å². The van der Waals surface area contributed by atoms with Gasteiger partial charge in [0, 0.05) is 25.8 Å². The monoisotopic (exact) mass is 187 g/mol. The summed E-state index contributed by atoms with van der Waals surface area (Å²) in [7, 11) is 0. The zero-order valence-electron chi connectivity index (χ0n) is 8.68. The molecule has 3 heteroatoms. The lowest BCUT2D eigenvalue weighted by atomic mass is 9.82. The maximum Gasteiger partial charge on any atom is 0.0581 e. The molecule has 1 atom stereocenters. The summed E-state index contributed by atoms with van der Waals surface area (Å²) in [5, 5.41) is 12.2. The third-order valence-electron chi connectivity index (χ3n) is 2.85. The molecule has 1 fully saturated rings. The van der Waals surface area contributed by atoms with Gasteiger partial charge in [-0.25, -0.2) is 0 Å². The molecule has 0 saturated carbocycles. The van der Waals surface area contributed by atoms with Crippen molar-refractivity contribution in [3.05, 3.63) is 0 Å². The first-order valence-corrected chi connectivity index (χ1v) is 5.08. The molecule has 13 heavy (non-hydrogen) atoms. The molecule has 78 valence electrons. The molecule has 1 aliphatic rings. The Morgan fingerprint density at radius 2 is 2.08 bits per heavy atom. The molecule has 3 nitrogen and oxygen atoms in total. The standard InChI is InChI=1S/C10H21NO2/c1-9(7-12)11-8-10(2)3-5-13-6-4-10/h9,11-12H,3-8H2,1-2H3/t9-/m1/s1. The van der Waals surface area contributed by atoms with Crippen LogP contribution in [0.5, 0.6) is 0 Å². The van der Waals surface area contributed by atoms with Gasteiger partial charge in [0.05, 0.1) is 6.61 Å². The lowest BCUT2D eigenvalue weighted by Crippen LogP contribution is -2.41. The maximum absolute atomic E-state index is 8.86. The minimum Gasteiger partial charge on any atom is -0.395 e. The van der Waals surface area contributed by atoms with Gasteiger partial charge in [0.1, 0.15) is 0 Å². The van der Waals surface area contributed by atoms with Gasteiger partial charge in [-0.15, -0.1) is 0 Å². The molecule has 0 aromatic heterocycles. The quantitative estimate of drug-likeness (QED) is 0.683. The second kappa shape index (κ2) is 4.94. The van der Waals surface area contributed by atoms with E-state index in [1.807, 2.05) is 6.92 Å². The van der Waals surface area contributed by atoms with E-state index >= 15 is 0 Å². The van der Waals surface area contributed by atoms with E-state index in [9.17, 15) is 0 Å². The van der Waals surface area contributed by atoms with E-state index in [1.165, 1.54) is 0 Å². The first-order valence-electron chi connectivity index (χ1n) is 5.08. The van der Waals surface area contributed by atoms with E-state index in [2.05, 4.69) is 12.2 Å². The highest BCUT2D eigenvalue weighted by atomic mass is 16.5. The van der Waals surface area contributed by atoms with Crippen LogP contribution < -0.4 is 5.32 Å². The summed E-state index contributed by atoms with van der Waals surface area (Å²) in [5.74, 6) is 0. The average molecular weight is 187 g/mol. The summed E-state index contributed by atoms with van der Waals surface area (Å²) in [6.45, 7) is 7.25. The Morgan fingerprint density at radius 3 is 2.62 bits per heavy atom. The lowest BCUT2D eigenvalue weighted by Gasteiger charge is -2.34. The van der Waals surface area contributed by atoms with Crippen LogP contribution in [-0.4, -0.2) is 37.5 Å². The predicted molar refractivity (Wildman–Crippen MR) is 52.7 cm³/mol. The first kappa shape index (κ1) is 11.0. The summed E-state index contributed by atoms with van der Waals surface area (Å²) < 4.78 is 5.32. The Hall–Kier alpha value is -0.120. The highest BCUT2D eigenvalue weighted by molar-refractivity contribution is 4.80. The molecule has 0 aromatic carbocycles. The largest absolute Gasteiger partial charge is 0.395 e. The van der Waals surface area contributed by atoms with Crippen molar-refractivity contribution in [2.75, 3.05) is 26.4 Å². The van der Waals surface area contributed by atoms with E-state index in [0.29, 0.717) is 5.41 Å². The fourth-order valence-corrected chi connectivity index (χ4v) is 1.53. The molecule has 0 aliphatic carbocycles. The van der Waals surface area contributed by atoms with Crippen LogP contribution in [0, 0.1) is 5.41 Å². The van der Waals surface area contributed by atoms with Crippen molar-refractivity contribution < 1.29 is 9.84 Å². The van der Waals surface area contributed by atoms with E-state index < -0.39 is 0 Å². The van der Waals surface area contributed by atoms with E-state index in [-0.39, 0.29) is 12.6 Å². The maximum atomic E-state index is 8.86. The highest BCUT2D eigenvalue weighted by Gasteiger charge is 2.27. The lowest BCUT2D eigenvalue weighted by molar-refractivity contribution is 0.0222. The zero-order valence-corrected chi connectivity index (χ0v) is 8.68. The van der Waals surface area contributed by atoms with E-state index in [4.69, 9.17) is 9.84 Å². The summed E-state index contributed by atoms with van der Waals surface area (Å²) in [5.41, 5.74) is 0.363. The molecule has 1 aliphatic heterocycles. The fourth-order valence-electron chi connectivity index (χ4n) is 1.53. The third kappa shape index (κ3) is 3.63. The van der Waals surface area contributed by atoms with Crippen LogP contribution >= 0.6 is 0 Å². The number of ether oxygens (including phenoxy) is 1. The summed E-state index contributed by atoms with van der Waals surface area (Å²) in [6.07, 6.45) is 2.25. The van der Waals surface area contributed by atoms with Crippen molar-refractivity contribution in [2.45, 2.75) is 32.7 Å². The Kier molecular flexibility index (Phi) is 4.16. The van der Waals surface area contributed by atoms with Gasteiger partial charge < -0.3 is 15.2 Å². The minimum absolute atomic E-state index is 0.208. The van der Waals surface area contributed by atoms with E-state index in [1.54, 1.807) is 0 Å². The number of hydrogen-bond donors (Lipinski definition) is 2. The zero-order chi connectivity index (χ0) is 9.73. The molecule has 1 heterocycles. The molecule has 0 spiro atoms. The van der Waals surface area contributed by atoms with Gasteiger partial charge in [0.2, 0.25) is 0 Å². The minimum atomic E-state index is 0.208. The molecular weight excluding hydrogens is 166 g/mol. The van der Waals surface area contributed by atoms with Crippen LogP contribution in [0.2, 0.25) is 0 Å². The predicted octanol–water partition coefficient (Wildman–Crippen LogP) is 0.773. The smallest absolute Gasteiger partial charge is 0.0581 e. The molecule has 0 unspecified atom stereocenters. The summed E-state index contributed by atoms with van der Waals surface area (Å²) in [6, 6.07) is 0.208. The van der Waals surface area contributed by atoms with Crippen LogP contribution in [0.3, 0.4) is 0 Å². The normalized spacial score (nSPS) is 24.2. The van der Waals surface area contributed by atoms with Gasteiger partial charge in [-0.2, -0.15) is 0 Å². The summed E-state index contributed by atoms with van der Waals surface area (Å²) in [4.78, 5) is 0. The van der Waals surface area contributed by atoms with Crippen LogP contribution in [0.4, 0.5) is 0 Å². The molecular formula is C10H21NO2. The fraction of sp³-hybridized carbons (Fsp3) is 1.00. The van der Waals surface area contributed by atoms with Gasteiger partial charge >= 0.3 is 0 Å². The highest BCUT2D eigenvalue weighted by Crippen LogP contribution is 2.28. The summed E-state index contributed by atoms with van der Waals surface area (Å²) >= 11 is 0. The molecule has 2 N–H and O–H groups in total. The van der Waals surface area contributed by atoms with Crippen molar-refractivity contribution in [1.29, 1.82) is 0 Å². The van der Waals surface area contributed by atoms with Crippen molar-refractivity contribution in [2.24, 2.45) is 5.41 Å². The van der Waals surface area contributed by atoms with Gasteiger partial charge in [-0.3, -0.25) is 0 Å². The topological polar surface area (TPSA) is 41.5 Å². The van der Waals surface area contributed by atoms with Crippen molar-refractivity contribution in [3.63, 3.8) is 0 Å². The number of nitrogens with one attached hydrogen (secondary N) is 1.